The van der Waals surface area contributed by atoms with E-state index in [4.69, 9.17) is 4.52 Å². The summed E-state index contributed by atoms with van der Waals surface area (Å²) in [6.07, 6.45) is 4.83. The second-order valence-corrected chi connectivity index (χ2v) is 6.50. The van der Waals surface area contributed by atoms with Crippen molar-refractivity contribution in [1.82, 2.24) is 25.3 Å². The van der Waals surface area contributed by atoms with E-state index in [9.17, 15) is 4.79 Å². The Morgan fingerprint density at radius 3 is 2.87 bits per heavy atom. The largest absolute Gasteiger partial charge is 0.355 e. The quantitative estimate of drug-likeness (QED) is 0.865. The standard InChI is InChI=1S/C16H27N5O2/c1-2-3-14-18-16(23-19-14)12-20-8-4-13(5-9-20)21-10-6-15(22)17-7-11-21/h13H,2-12H2,1H3,(H,17,22). The van der Waals surface area contributed by atoms with Gasteiger partial charge in [0.1, 0.15) is 0 Å². The number of hydrogen-bond donors (Lipinski definition) is 1. The lowest BCUT2D eigenvalue weighted by atomic mass is 10.0. The summed E-state index contributed by atoms with van der Waals surface area (Å²) in [6.45, 7) is 7.61. The number of likely N-dealkylation sites (tertiary alicyclic amines) is 1. The molecule has 1 N–H and O–H groups in total. The summed E-state index contributed by atoms with van der Waals surface area (Å²) in [7, 11) is 0. The molecule has 23 heavy (non-hydrogen) atoms. The van der Waals surface area contributed by atoms with Crippen molar-refractivity contribution in [2.24, 2.45) is 0 Å². The van der Waals surface area contributed by atoms with Gasteiger partial charge in [-0.1, -0.05) is 12.1 Å². The van der Waals surface area contributed by atoms with Gasteiger partial charge in [-0.25, -0.2) is 0 Å². The van der Waals surface area contributed by atoms with Crippen LogP contribution in [0.5, 0.6) is 0 Å². The number of nitrogens with zero attached hydrogens (tertiary/aromatic N) is 4. The van der Waals surface area contributed by atoms with Crippen LogP contribution in [0.25, 0.3) is 0 Å². The highest BCUT2D eigenvalue weighted by molar-refractivity contribution is 5.76. The number of aromatic nitrogens is 2. The molecule has 2 saturated heterocycles. The highest BCUT2D eigenvalue weighted by Gasteiger charge is 2.26. The molecular formula is C16H27N5O2. The van der Waals surface area contributed by atoms with E-state index in [1.165, 1.54) is 0 Å². The molecule has 7 heteroatoms. The molecule has 0 spiro atoms. The number of hydrogen-bond acceptors (Lipinski definition) is 6. The van der Waals surface area contributed by atoms with Crippen LogP contribution >= 0.6 is 0 Å². The van der Waals surface area contributed by atoms with Crippen LogP contribution in [0.4, 0.5) is 0 Å². The zero-order valence-electron chi connectivity index (χ0n) is 14.0. The van der Waals surface area contributed by atoms with Crippen molar-refractivity contribution in [1.29, 1.82) is 0 Å². The van der Waals surface area contributed by atoms with Crippen molar-refractivity contribution in [3.8, 4) is 0 Å². The van der Waals surface area contributed by atoms with Crippen molar-refractivity contribution < 1.29 is 9.32 Å². The van der Waals surface area contributed by atoms with Gasteiger partial charge in [-0.2, -0.15) is 4.98 Å². The molecule has 3 heterocycles. The molecule has 1 aromatic heterocycles. The molecule has 128 valence electrons. The molecule has 1 amide bonds. The van der Waals surface area contributed by atoms with Crippen LogP contribution in [-0.4, -0.2) is 64.6 Å². The number of aryl methyl sites for hydroxylation is 1. The Morgan fingerprint density at radius 2 is 2.09 bits per heavy atom. The van der Waals surface area contributed by atoms with E-state index in [0.717, 1.165) is 76.7 Å². The van der Waals surface area contributed by atoms with Gasteiger partial charge in [0.05, 0.1) is 6.54 Å². The summed E-state index contributed by atoms with van der Waals surface area (Å²) in [4.78, 5) is 20.8. The lowest BCUT2D eigenvalue weighted by molar-refractivity contribution is -0.120. The fourth-order valence-corrected chi connectivity index (χ4v) is 3.46. The Bertz CT molecular complexity index is 510. The van der Waals surface area contributed by atoms with Gasteiger partial charge in [-0.3, -0.25) is 14.6 Å². The first kappa shape index (κ1) is 16.4. The normalized spacial score (nSPS) is 22.0. The summed E-state index contributed by atoms with van der Waals surface area (Å²) >= 11 is 0. The SMILES string of the molecule is CCCc1noc(CN2CCC(N3CCNC(=O)CC3)CC2)n1. The summed E-state index contributed by atoms with van der Waals surface area (Å²) in [5.41, 5.74) is 0. The lowest BCUT2D eigenvalue weighted by Crippen LogP contribution is -2.45. The van der Waals surface area contributed by atoms with Gasteiger partial charge in [0, 0.05) is 51.6 Å². The molecule has 0 unspecified atom stereocenters. The molecule has 0 bridgehead atoms. The van der Waals surface area contributed by atoms with E-state index in [1.54, 1.807) is 0 Å². The van der Waals surface area contributed by atoms with Crippen molar-refractivity contribution in [2.75, 3.05) is 32.7 Å². The minimum absolute atomic E-state index is 0.184. The van der Waals surface area contributed by atoms with Gasteiger partial charge in [-0.15, -0.1) is 0 Å². The number of carbonyl (C=O) groups is 1. The highest BCUT2D eigenvalue weighted by Crippen LogP contribution is 2.19. The topological polar surface area (TPSA) is 74.5 Å². The Labute approximate surface area is 137 Å². The molecule has 0 atom stereocenters. The van der Waals surface area contributed by atoms with E-state index in [0.29, 0.717) is 12.5 Å². The van der Waals surface area contributed by atoms with Crippen LogP contribution < -0.4 is 5.32 Å². The average Bonchev–Trinajstić information content (AvgIpc) is 2.87. The second kappa shape index (κ2) is 7.88. The van der Waals surface area contributed by atoms with Crippen LogP contribution in [0.1, 0.15) is 44.3 Å². The highest BCUT2D eigenvalue weighted by atomic mass is 16.5. The molecule has 1 aromatic rings. The molecule has 0 aromatic carbocycles. The average molecular weight is 321 g/mol. The fraction of sp³-hybridized carbons (Fsp3) is 0.812. The third-order valence-electron chi connectivity index (χ3n) is 4.76. The van der Waals surface area contributed by atoms with Crippen molar-refractivity contribution in [2.45, 2.75) is 51.6 Å². The van der Waals surface area contributed by atoms with Crippen LogP contribution in [-0.2, 0) is 17.8 Å². The van der Waals surface area contributed by atoms with Crippen molar-refractivity contribution in [3.05, 3.63) is 11.7 Å². The monoisotopic (exact) mass is 321 g/mol. The second-order valence-electron chi connectivity index (χ2n) is 6.50. The van der Waals surface area contributed by atoms with E-state index in [-0.39, 0.29) is 5.91 Å². The van der Waals surface area contributed by atoms with Gasteiger partial charge >= 0.3 is 0 Å². The maximum atomic E-state index is 11.4. The molecule has 0 saturated carbocycles. The van der Waals surface area contributed by atoms with Gasteiger partial charge in [0.15, 0.2) is 5.82 Å². The number of piperidine rings is 1. The summed E-state index contributed by atoms with van der Waals surface area (Å²) < 4.78 is 5.33. The molecule has 7 nitrogen and oxygen atoms in total. The fourth-order valence-electron chi connectivity index (χ4n) is 3.46. The smallest absolute Gasteiger partial charge is 0.240 e. The molecular weight excluding hydrogens is 294 g/mol. The number of nitrogens with one attached hydrogen (secondary N) is 1. The first-order valence-electron chi connectivity index (χ1n) is 8.79. The third-order valence-corrected chi connectivity index (χ3v) is 4.76. The Hall–Kier alpha value is -1.47. The van der Waals surface area contributed by atoms with Crippen LogP contribution in [0.2, 0.25) is 0 Å². The molecule has 0 radical (unpaired) electrons. The minimum atomic E-state index is 0.184. The molecule has 3 rings (SSSR count). The van der Waals surface area contributed by atoms with Crippen molar-refractivity contribution in [3.63, 3.8) is 0 Å². The summed E-state index contributed by atoms with van der Waals surface area (Å²) in [6, 6.07) is 0.595. The van der Waals surface area contributed by atoms with Crippen LogP contribution in [0.15, 0.2) is 4.52 Å². The first-order valence-corrected chi connectivity index (χ1v) is 8.79. The minimum Gasteiger partial charge on any atom is -0.355 e. The van der Waals surface area contributed by atoms with E-state index in [2.05, 4.69) is 32.2 Å². The van der Waals surface area contributed by atoms with E-state index in [1.807, 2.05) is 0 Å². The third kappa shape index (κ3) is 4.51. The first-order chi connectivity index (χ1) is 11.2. The lowest BCUT2D eigenvalue weighted by Gasteiger charge is -2.37. The number of rotatable bonds is 5. The summed E-state index contributed by atoms with van der Waals surface area (Å²) in [5, 5.41) is 6.97. The van der Waals surface area contributed by atoms with E-state index >= 15 is 0 Å². The van der Waals surface area contributed by atoms with Crippen molar-refractivity contribution >= 4 is 5.91 Å². The van der Waals surface area contributed by atoms with Gasteiger partial charge < -0.3 is 9.84 Å². The zero-order chi connectivity index (χ0) is 16.1. The van der Waals surface area contributed by atoms with Crippen LogP contribution in [0.3, 0.4) is 0 Å². The molecule has 2 aliphatic heterocycles. The van der Waals surface area contributed by atoms with Crippen LogP contribution in [0, 0.1) is 0 Å². The molecule has 0 aliphatic carbocycles. The molecule has 2 fully saturated rings. The van der Waals surface area contributed by atoms with Gasteiger partial charge in [0.2, 0.25) is 11.8 Å². The number of amides is 1. The summed E-state index contributed by atoms with van der Waals surface area (Å²) in [5.74, 6) is 1.74. The van der Waals surface area contributed by atoms with Gasteiger partial charge in [-0.05, 0) is 19.3 Å². The maximum absolute atomic E-state index is 11.4. The maximum Gasteiger partial charge on any atom is 0.240 e. The molecule has 2 aliphatic rings. The predicted molar refractivity (Wildman–Crippen MR) is 85.8 cm³/mol. The van der Waals surface area contributed by atoms with Gasteiger partial charge in [0.25, 0.3) is 0 Å². The van der Waals surface area contributed by atoms with E-state index < -0.39 is 0 Å². The predicted octanol–water partition coefficient (Wildman–Crippen LogP) is 0.808. The Morgan fingerprint density at radius 1 is 1.26 bits per heavy atom. The Balaban J connectivity index is 1.45. The Kier molecular flexibility index (Phi) is 5.61. The number of carbonyl (C=O) groups excluding carboxylic acids is 1. The zero-order valence-corrected chi connectivity index (χ0v) is 14.0.